The van der Waals surface area contributed by atoms with Crippen LogP contribution in [0.2, 0.25) is 0 Å². The first-order valence-electron chi connectivity index (χ1n) is 5.45. The molecule has 2 nitrogen and oxygen atoms in total. The molecule has 0 aliphatic carbocycles. The zero-order valence-electron chi connectivity index (χ0n) is 9.34. The summed E-state index contributed by atoms with van der Waals surface area (Å²) in [7, 11) is 0. The molecule has 0 saturated heterocycles. The van der Waals surface area contributed by atoms with Crippen molar-refractivity contribution < 1.29 is 9.13 Å². The average Bonchev–Trinajstić information content (AvgIpc) is 2.38. The first-order valence-corrected chi connectivity index (χ1v) is 5.45. The molecule has 2 aromatic carbocycles. The van der Waals surface area contributed by atoms with Crippen LogP contribution in [0.15, 0.2) is 54.6 Å². The molecule has 0 fully saturated rings. The minimum Gasteiger partial charge on any atom is -0.489 e. The molecule has 0 saturated carbocycles. The maximum atomic E-state index is 13.3. The predicted molar refractivity (Wildman–Crippen MR) is 65.3 cm³/mol. The zero-order chi connectivity index (χ0) is 12.1. The van der Waals surface area contributed by atoms with Crippen LogP contribution < -0.4 is 10.5 Å². The molecule has 2 N–H and O–H groups in total. The standard InChI is InChI=1S/C14H14FNO/c15-12-8-4-5-9-14(12)17-10-13(16)11-6-2-1-3-7-11/h1-9,13H,10,16H2. The smallest absolute Gasteiger partial charge is 0.165 e. The van der Waals surface area contributed by atoms with Crippen LogP contribution in [0.1, 0.15) is 11.6 Å². The lowest BCUT2D eigenvalue weighted by atomic mass is 10.1. The van der Waals surface area contributed by atoms with Gasteiger partial charge in [0, 0.05) is 0 Å². The summed E-state index contributed by atoms with van der Waals surface area (Å²) in [6, 6.07) is 15.7. The minimum atomic E-state index is -0.368. The fourth-order valence-electron chi connectivity index (χ4n) is 1.54. The maximum absolute atomic E-state index is 13.3. The third-order valence-corrected chi connectivity index (χ3v) is 2.48. The van der Waals surface area contributed by atoms with E-state index in [9.17, 15) is 4.39 Å². The molecule has 0 heterocycles. The van der Waals surface area contributed by atoms with Crippen molar-refractivity contribution in [2.75, 3.05) is 6.61 Å². The molecule has 2 aromatic rings. The lowest BCUT2D eigenvalue weighted by Crippen LogP contribution is -2.19. The Morgan fingerprint density at radius 3 is 2.35 bits per heavy atom. The van der Waals surface area contributed by atoms with Gasteiger partial charge in [-0.25, -0.2) is 4.39 Å². The van der Waals surface area contributed by atoms with Gasteiger partial charge >= 0.3 is 0 Å². The Morgan fingerprint density at radius 1 is 1.00 bits per heavy atom. The molecule has 1 unspecified atom stereocenters. The first-order chi connectivity index (χ1) is 8.27. The molecule has 0 spiro atoms. The van der Waals surface area contributed by atoms with Gasteiger partial charge in [-0.3, -0.25) is 0 Å². The van der Waals surface area contributed by atoms with E-state index in [-0.39, 0.29) is 24.2 Å². The Bertz CT molecular complexity index is 473. The Kier molecular flexibility index (Phi) is 3.73. The van der Waals surface area contributed by atoms with E-state index in [0.717, 1.165) is 5.56 Å². The van der Waals surface area contributed by atoms with Crippen LogP contribution in [-0.4, -0.2) is 6.61 Å². The van der Waals surface area contributed by atoms with Crippen molar-refractivity contribution in [2.24, 2.45) is 5.73 Å². The van der Waals surface area contributed by atoms with Gasteiger partial charge in [0.15, 0.2) is 11.6 Å². The lowest BCUT2D eigenvalue weighted by molar-refractivity contribution is 0.277. The van der Waals surface area contributed by atoms with E-state index in [0.29, 0.717) is 0 Å². The van der Waals surface area contributed by atoms with Crippen LogP contribution in [0.5, 0.6) is 5.75 Å². The monoisotopic (exact) mass is 231 g/mol. The van der Waals surface area contributed by atoms with Crippen LogP contribution in [0.3, 0.4) is 0 Å². The molecule has 0 aromatic heterocycles. The molecule has 0 aliphatic rings. The quantitative estimate of drug-likeness (QED) is 0.878. The maximum Gasteiger partial charge on any atom is 0.165 e. The lowest BCUT2D eigenvalue weighted by Gasteiger charge is -2.13. The van der Waals surface area contributed by atoms with E-state index in [4.69, 9.17) is 10.5 Å². The van der Waals surface area contributed by atoms with Crippen molar-refractivity contribution in [3.05, 3.63) is 66.0 Å². The van der Waals surface area contributed by atoms with Gasteiger partial charge in [-0.15, -0.1) is 0 Å². The third-order valence-electron chi connectivity index (χ3n) is 2.48. The Balaban J connectivity index is 1.97. The number of halogens is 1. The summed E-state index contributed by atoms with van der Waals surface area (Å²) in [6.45, 7) is 0.255. The van der Waals surface area contributed by atoms with Crippen LogP contribution in [-0.2, 0) is 0 Å². The molecule has 17 heavy (non-hydrogen) atoms. The fourth-order valence-corrected chi connectivity index (χ4v) is 1.54. The van der Waals surface area contributed by atoms with E-state index in [1.165, 1.54) is 6.07 Å². The number of ether oxygens (including phenoxy) is 1. The van der Waals surface area contributed by atoms with Gasteiger partial charge in [0.05, 0.1) is 6.04 Å². The van der Waals surface area contributed by atoms with Crippen LogP contribution in [0.4, 0.5) is 4.39 Å². The van der Waals surface area contributed by atoms with Crippen molar-refractivity contribution in [1.82, 2.24) is 0 Å². The summed E-state index contributed by atoms with van der Waals surface area (Å²) in [5.74, 6) is -0.133. The summed E-state index contributed by atoms with van der Waals surface area (Å²) in [5.41, 5.74) is 6.92. The van der Waals surface area contributed by atoms with Gasteiger partial charge in [0.25, 0.3) is 0 Å². The molecule has 0 radical (unpaired) electrons. The van der Waals surface area contributed by atoms with Crippen molar-refractivity contribution >= 4 is 0 Å². The van der Waals surface area contributed by atoms with Crippen LogP contribution >= 0.6 is 0 Å². The predicted octanol–water partition coefficient (Wildman–Crippen LogP) is 2.90. The Labute approximate surface area is 99.8 Å². The Hall–Kier alpha value is -1.87. The molecule has 1 atom stereocenters. The number of nitrogens with two attached hydrogens (primary N) is 1. The Morgan fingerprint density at radius 2 is 1.65 bits per heavy atom. The fraction of sp³-hybridized carbons (Fsp3) is 0.143. The number of hydrogen-bond acceptors (Lipinski definition) is 2. The molecule has 0 bridgehead atoms. The van der Waals surface area contributed by atoms with Crippen molar-refractivity contribution in [3.63, 3.8) is 0 Å². The van der Waals surface area contributed by atoms with Crippen LogP contribution in [0, 0.1) is 5.82 Å². The molecular weight excluding hydrogens is 217 g/mol. The molecule has 3 heteroatoms. The van der Waals surface area contributed by atoms with Gasteiger partial charge in [-0.1, -0.05) is 42.5 Å². The van der Waals surface area contributed by atoms with E-state index < -0.39 is 0 Å². The number of rotatable bonds is 4. The summed E-state index contributed by atoms with van der Waals surface area (Å²) in [6.07, 6.45) is 0. The topological polar surface area (TPSA) is 35.2 Å². The van der Waals surface area contributed by atoms with Gasteiger partial charge in [0.1, 0.15) is 6.61 Å². The third kappa shape index (κ3) is 3.04. The normalized spacial score (nSPS) is 12.1. The van der Waals surface area contributed by atoms with Gasteiger partial charge in [-0.05, 0) is 17.7 Å². The highest BCUT2D eigenvalue weighted by Gasteiger charge is 2.08. The molecular formula is C14H14FNO. The van der Waals surface area contributed by atoms with Gasteiger partial charge in [-0.2, -0.15) is 0 Å². The van der Waals surface area contributed by atoms with E-state index >= 15 is 0 Å². The summed E-state index contributed by atoms with van der Waals surface area (Å²) < 4.78 is 18.6. The molecule has 0 aliphatic heterocycles. The van der Waals surface area contributed by atoms with Crippen molar-refractivity contribution in [2.45, 2.75) is 6.04 Å². The minimum absolute atomic E-state index is 0.235. The number of benzene rings is 2. The zero-order valence-corrected chi connectivity index (χ0v) is 9.34. The highest BCUT2D eigenvalue weighted by Crippen LogP contribution is 2.17. The SMILES string of the molecule is NC(COc1ccccc1F)c1ccccc1. The second kappa shape index (κ2) is 5.46. The second-order valence-electron chi connectivity index (χ2n) is 3.76. The average molecular weight is 231 g/mol. The second-order valence-corrected chi connectivity index (χ2v) is 3.76. The van der Waals surface area contributed by atoms with Gasteiger partial charge in [0.2, 0.25) is 0 Å². The van der Waals surface area contributed by atoms with Crippen molar-refractivity contribution in [1.29, 1.82) is 0 Å². The van der Waals surface area contributed by atoms with Crippen molar-refractivity contribution in [3.8, 4) is 5.75 Å². The van der Waals surface area contributed by atoms with Gasteiger partial charge < -0.3 is 10.5 Å². The number of hydrogen-bond donors (Lipinski definition) is 1. The molecule has 0 amide bonds. The molecule has 88 valence electrons. The van der Waals surface area contributed by atoms with Crippen LogP contribution in [0.25, 0.3) is 0 Å². The summed E-state index contributed by atoms with van der Waals surface area (Å²) in [4.78, 5) is 0. The first kappa shape index (κ1) is 11.6. The number of para-hydroxylation sites is 1. The summed E-state index contributed by atoms with van der Waals surface area (Å²) >= 11 is 0. The summed E-state index contributed by atoms with van der Waals surface area (Å²) in [5, 5.41) is 0. The van der Waals surface area contributed by atoms with E-state index in [2.05, 4.69) is 0 Å². The molecule has 2 rings (SSSR count). The highest BCUT2D eigenvalue weighted by molar-refractivity contribution is 5.24. The highest BCUT2D eigenvalue weighted by atomic mass is 19.1. The van der Waals surface area contributed by atoms with E-state index in [1.54, 1.807) is 18.2 Å². The van der Waals surface area contributed by atoms with E-state index in [1.807, 2.05) is 30.3 Å². The largest absolute Gasteiger partial charge is 0.489 e.